The van der Waals surface area contributed by atoms with Gasteiger partial charge in [0.2, 0.25) is 5.91 Å². The first-order valence-electron chi connectivity index (χ1n) is 5.50. The fourth-order valence-corrected chi connectivity index (χ4v) is 3.08. The molecule has 0 fully saturated rings. The standard InChI is InChI=1S/C12H14ClNO3S/c1-8(15)14-7-12(2,3)10-5-4-9(6-11(10)14)18(13,16)17/h4-6H,7H2,1-3H3. The van der Waals surface area contributed by atoms with Crippen molar-refractivity contribution in [2.75, 3.05) is 11.4 Å². The molecule has 1 amide bonds. The Morgan fingerprint density at radius 2 is 2.00 bits per heavy atom. The molecule has 18 heavy (non-hydrogen) atoms. The average molecular weight is 288 g/mol. The molecule has 0 aromatic heterocycles. The van der Waals surface area contributed by atoms with Crippen LogP contribution in [0.1, 0.15) is 26.3 Å². The Hall–Kier alpha value is -1.07. The molecule has 0 atom stereocenters. The van der Waals surface area contributed by atoms with Gasteiger partial charge in [-0.15, -0.1) is 0 Å². The Labute approximate surface area is 111 Å². The fourth-order valence-electron chi connectivity index (χ4n) is 2.31. The van der Waals surface area contributed by atoms with Crippen LogP contribution in [-0.4, -0.2) is 20.9 Å². The lowest BCUT2D eigenvalue weighted by molar-refractivity contribution is -0.116. The number of carbonyl (C=O) groups is 1. The first kappa shape index (κ1) is 13.4. The molecule has 2 rings (SSSR count). The van der Waals surface area contributed by atoms with Crippen molar-refractivity contribution in [1.29, 1.82) is 0 Å². The molecule has 0 spiro atoms. The number of anilines is 1. The number of carbonyl (C=O) groups excluding carboxylic acids is 1. The summed E-state index contributed by atoms with van der Waals surface area (Å²) < 4.78 is 22.7. The van der Waals surface area contributed by atoms with Crippen LogP contribution in [0.15, 0.2) is 23.1 Å². The zero-order chi connectivity index (χ0) is 13.7. The Morgan fingerprint density at radius 3 is 2.50 bits per heavy atom. The highest BCUT2D eigenvalue weighted by atomic mass is 35.7. The third-order valence-electron chi connectivity index (χ3n) is 3.20. The van der Waals surface area contributed by atoms with Gasteiger partial charge in [0.15, 0.2) is 0 Å². The first-order valence-corrected chi connectivity index (χ1v) is 7.81. The van der Waals surface area contributed by atoms with Crippen molar-refractivity contribution in [3.63, 3.8) is 0 Å². The lowest BCUT2D eigenvalue weighted by Crippen LogP contribution is -2.32. The van der Waals surface area contributed by atoms with Gasteiger partial charge in [0, 0.05) is 35.3 Å². The minimum atomic E-state index is -3.78. The van der Waals surface area contributed by atoms with Gasteiger partial charge in [-0.3, -0.25) is 4.79 Å². The number of amides is 1. The minimum absolute atomic E-state index is 0.0202. The summed E-state index contributed by atoms with van der Waals surface area (Å²) in [7, 11) is 1.55. The molecule has 0 N–H and O–H groups in total. The molecule has 0 radical (unpaired) electrons. The maximum Gasteiger partial charge on any atom is 0.261 e. The Balaban J connectivity index is 2.65. The van der Waals surface area contributed by atoms with Crippen LogP contribution in [0.5, 0.6) is 0 Å². The van der Waals surface area contributed by atoms with E-state index in [1.165, 1.54) is 19.1 Å². The second kappa shape index (κ2) is 3.96. The quantitative estimate of drug-likeness (QED) is 0.745. The maximum absolute atomic E-state index is 11.6. The highest BCUT2D eigenvalue weighted by Crippen LogP contribution is 2.41. The number of hydrogen-bond acceptors (Lipinski definition) is 3. The van der Waals surface area contributed by atoms with Crippen LogP contribution in [-0.2, 0) is 19.3 Å². The van der Waals surface area contributed by atoms with E-state index in [0.717, 1.165) is 5.56 Å². The van der Waals surface area contributed by atoms with Gasteiger partial charge in [-0.05, 0) is 17.7 Å². The minimum Gasteiger partial charge on any atom is -0.311 e. The van der Waals surface area contributed by atoms with E-state index in [9.17, 15) is 13.2 Å². The molecule has 98 valence electrons. The zero-order valence-corrected chi connectivity index (χ0v) is 12.0. The summed E-state index contributed by atoms with van der Waals surface area (Å²) >= 11 is 0. The normalized spacial score (nSPS) is 17.7. The highest BCUT2D eigenvalue weighted by Gasteiger charge is 2.37. The van der Waals surface area contributed by atoms with Crippen LogP contribution in [0.4, 0.5) is 5.69 Å². The van der Waals surface area contributed by atoms with Crippen LogP contribution in [0.3, 0.4) is 0 Å². The summed E-state index contributed by atoms with van der Waals surface area (Å²) in [6, 6.07) is 4.67. The lowest BCUT2D eigenvalue weighted by atomic mass is 9.87. The van der Waals surface area contributed by atoms with Crippen LogP contribution >= 0.6 is 10.7 Å². The van der Waals surface area contributed by atoms with Crippen molar-refractivity contribution < 1.29 is 13.2 Å². The van der Waals surface area contributed by atoms with Gasteiger partial charge in [-0.1, -0.05) is 19.9 Å². The molecule has 0 saturated carbocycles. The van der Waals surface area contributed by atoms with Gasteiger partial charge >= 0.3 is 0 Å². The fraction of sp³-hybridized carbons (Fsp3) is 0.417. The van der Waals surface area contributed by atoms with E-state index < -0.39 is 9.05 Å². The number of halogens is 1. The Kier molecular flexibility index (Phi) is 2.94. The van der Waals surface area contributed by atoms with Crippen molar-refractivity contribution >= 4 is 31.3 Å². The first-order chi connectivity index (χ1) is 8.13. The highest BCUT2D eigenvalue weighted by molar-refractivity contribution is 8.13. The van der Waals surface area contributed by atoms with Gasteiger partial charge in [-0.25, -0.2) is 8.42 Å². The predicted octanol–water partition coefficient (Wildman–Crippen LogP) is 2.26. The van der Waals surface area contributed by atoms with E-state index in [-0.39, 0.29) is 16.2 Å². The predicted molar refractivity (Wildman–Crippen MR) is 70.5 cm³/mol. The second-order valence-electron chi connectivity index (χ2n) is 5.11. The molecule has 1 aliphatic heterocycles. The number of nitrogens with zero attached hydrogens (tertiary/aromatic N) is 1. The topological polar surface area (TPSA) is 54.5 Å². The zero-order valence-electron chi connectivity index (χ0n) is 10.4. The molecule has 1 aromatic rings. The van der Waals surface area contributed by atoms with Crippen molar-refractivity contribution in [2.24, 2.45) is 0 Å². The lowest BCUT2D eigenvalue weighted by Gasteiger charge is -2.19. The maximum atomic E-state index is 11.6. The van der Waals surface area contributed by atoms with Crippen molar-refractivity contribution in [2.45, 2.75) is 31.1 Å². The van der Waals surface area contributed by atoms with E-state index >= 15 is 0 Å². The van der Waals surface area contributed by atoms with Crippen LogP contribution in [0.2, 0.25) is 0 Å². The number of hydrogen-bond donors (Lipinski definition) is 0. The van der Waals surface area contributed by atoms with E-state index in [2.05, 4.69) is 0 Å². The molecular weight excluding hydrogens is 274 g/mol. The van der Waals surface area contributed by atoms with Crippen LogP contribution in [0, 0.1) is 0 Å². The second-order valence-corrected chi connectivity index (χ2v) is 7.67. The molecule has 6 heteroatoms. The van der Waals surface area contributed by atoms with E-state index in [0.29, 0.717) is 12.2 Å². The van der Waals surface area contributed by atoms with Crippen molar-refractivity contribution in [1.82, 2.24) is 0 Å². The third kappa shape index (κ3) is 2.12. The molecular formula is C12H14ClNO3S. The van der Waals surface area contributed by atoms with Gasteiger partial charge in [0.25, 0.3) is 9.05 Å². The number of fused-ring (bicyclic) bond motifs is 1. The number of rotatable bonds is 1. The van der Waals surface area contributed by atoms with Gasteiger partial charge in [0.05, 0.1) is 4.90 Å². The molecule has 0 unspecified atom stereocenters. The molecule has 0 saturated heterocycles. The van der Waals surface area contributed by atoms with Crippen molar-refractivity contribution in [3.05, 3.63) is 23.8 Å². The van der Waals surface area contributed by atoms with E-state index in [4.69, 9.17) is 10.7 Å². The Bertz CT molecular complexity index is 622. The summed E-state index contributed by atoms with van der Waals surface area (Å²) in [5.74, 6) is -0.106. The number of benzene rings is 1. The monoisotopic (exact) mass is 287 g/mol. The third-order valence-corrected chi connectivity index (χ3v) is 4.56. The summed E-state index contributed by atoms with van der Waals surface area (Å²) in [6.07, 6.45) is 0. The van der Waals surface area contributed by atoms with E-state index in [1.807, 2.05) is 13.8 Å². The molecule has 1 heterocycles. The van der Waals surface area contributed by atoms with E-state index in [1.54, 1.807) is 11.0 Å². The van der Waals surface area contributed by atoms with Crippen molar-refractivity contribution in [3.8, 4) is 0 Å². The largest absolute Gasteiger partial charge is 0.311 e. The molecule has 1 aliphatic rings. The molecule has 0 aliphatic carbocycles. The Morgan fingerprint density at radius 1 is 1.39 bits per heavy atom. The average Bonchev–Trinajstić information content (AvgIpc) is 2.49. The van der Waals surface area contributed by atoms with Gasteiger partial charge < -0.3 is 4.90 Å². The molecule has 0 bridgehead atoms. The smallest absolute Gasteiger partial charge is 0.261 e. The SMILES string of the molecule is CC(=O)N1CC(C)(C)c2ccc(S(=O)(=O)Cl)cc21. The van der Waals surface area contributed by atoms with Gasteiger partial charge in [-0.2, -0.15) is 0 Å². The van der Waals surface area contributed by atoms with Crippen LogP contribution < -0.4 is 4.90 Å². The molecule has 4 nitrogen and oxygen atoms in total. The summed E-state index contributed by atoms with van der Waals surface area (Å²) in [6.45, 7) is 6.05. The summed E-state index contributed by atoms with van der Waals surface area (Å²) in [5, 5.41) is 0. The summed E-state index contributed by atoms with van der Waals surface area (Å²) in [5.41, 5.74) is 1.41. The molecule has 1 aromatic carbocycles. The van der Waals surface area contributed by atoms with Gasteiger partial charge in [0.1, 0.15) is 0 Å². The summed E-state index contributed by atoms with van der Waals surface area (Å²) in [4.78, 5) is 13.2. The van der Waals surface area contributed by atoms with Crippen LogP contribution in [0.25, 0.3) is 0 Å².